The molecule has 0 radical (unpaired) electrons. The molecule has 2 rings (SSSR count). The molecule has 16 heavy (non-hydrogen) atoms. The van der Waals surface area contributed by atoms with Crippen molar-refractivity contribution in [1.29, 1.82) is 0 Å². The largest absolute Gasteiger partial charge is 0.471 e. The van der Waals surface area contributed by atoms with Gasteiger partial charge in [-0.05, 0) is 24.1 Å². The van der Waals surface area contributed by atoms with Crippen LogP contribution in [0.2, 0.25) is 0 Å². The van der Waals surface area contributed by atoms with Crippen LogP contribution in [0, 0.1) is 0 Å². The molecule has 0 aliphatic rings. The van der Waals surface area contributed by atoms with Crippen LogP contribution in [0.15, 0.2) is 36.5 Å². The highest BCUT2D eigenvalue weighted by Gasteiger charge is 1.97. The number of hydrogen-bond acceptors (Lipinski definition) is 3. The first-order valence-electron chi connectivity index (χ1n) is 5.28. The topological polar surface area (TPSA) is 53.1 Å². The highest BCUT2D eigenvalue weighted by Crippen LogP contribution is 2.14. The van der Waals surface area contributed by atoms with Crippen LogP contribution in [0.5, 0.6) is 5.75 Å². The van der Waals surface area contributed by atoms with Gasteiger partial charge in [0.15, 0.2) is 6.73 Å². The van der Waals surface area contributed by atoms with Crippen molar-refractivity contribution in [3.63, 3.8) is 0 Å². The highest BCUT2D eigenvalue weighted by atomic mass is 16.5. The fourth-order valence-electron chi connectivity index (χ4n) is 1.45. The molecule has 0 atom stereocenters. The Labute approximate surface area is 94.6 Å². The van der Waals surface area contributed by atoms with E-state index in [1.165, 1.54) is 5.56 Å². The number of aryl methyl sites for hydroxylation is 1. The van der Waals surface area contributed by atoms with E-state index in [0.29, 0.717) is 12.5 Å². The zero-order chi connectivity index (χ0) is 11.4. The Morgan fingerprint density at radius 3 is 2.94 bits per heavy atom. The minimum atomic E-state index is 0.379. The number of rotatable bonds is 4. The summed E-state index contributed by atoms with van der Waals surface area (Å²) in [4.78, 5) is 0. The van der Waals surface area contributed by atoms with Gasteiger partial charge >= 0.3 is 0 Å². The van der Waals surface area contributed by atoms with Crippen molar-refractivity contribution in [2.24, 2.45) is 0 Å². The van der Waals surface area contributed by atoms with E-state index in [0.717, 1.165) is 12.2 Å². The van der Waals surface area contributed by atoms with Gasteiger partial charge in [0, 0.05) is 12.3 Å². The van der Waals surface area contributed by atoms with Crippen molar-refractivity contribution in [1.82, 2.24) is 9.78 Å². The molecule has 2 aromatic rings. The summed E-state index contributed by atoms with van der Waals surface area (Å²) >= 11 is 0. The maximum atomic E-state index is 5.59. The number of nitrogens with zero attached hydrogens (tertiary/aromatic N) is 2. The summed E-state index contributed by atoms with van der Waals surface area (Å²) < 4.78 is 7.25. The summed E-state index contributed by atoms with van der Waals surface area (Å²) in [6, 6.07) is 9.79. The van der Waals surface area contributed by atoms with Crippen molar-refractivity contribution in [3.05, 3.63) is 42.1 Å². The van der Waals surface area contributed by atoms with E-state index in [9.17, 15) is 0 Å². The average Bonchev–Trinajstić information content (AvgIpc) is 2.73. The molecule has 2 N–H and O–H groups in total. The van der Waals surface area contributed by atoms with Crippen molar-refractivity contribution in [2.45, 2.75) is 20.1 Å². The quantitative estimate of drug-likeness (QED) is 0.852. The predicted octanol–water partition coefficient (Wildman–Crippen LogP) is 2.06. The molecule has 0 unspecified atom stereocenters. The zero-order valence-corrected chi connectivity index (χ0v) is 9.26. The Bertz CT molecular complexity index is 465. The summed E-state index contributed by atoms with van der Waals surface area (Å²) in [6.07, 6.45) is 2.80. The van der Waals surface area contributed by atoms with Crippen LogP contribution < -0.4 is 10.5 Å². The van der Waals surface area contributed by atoms with Crippen LogP contribution >= 0.6 is 0 Å². The molecule has 0 saturated heterocycles. The summed E-state index contributed by atoms with van der Waals surface area (Å²) in [5.41, 5.74) is 6.77. The number of hydrogen-bond donors (Lipinski definition) is 1. The van der Waals surface area contributed by atoms with E-state index in [1.807, 2.05) is 18.2 Å². The fraction of sp³-hybridized carbons (Fsp3) is 0.250. The Morgan fingerprint density at radius 1 is 1.38 bits per heavy atom. The molecular formula is C12H15N3O. The normalized spacial score (nSPS) is 10.3. The molecule has 84 valence electrons. The van der Waals surface area contributed by atoms with Gasteiger partial charge in [0.25, 0.3) is 0 Å². The minimum absolute atomic E-state index is 0.379. The lowest BCUT2D eigenvalue weighted by atomic mass is 10.2. The van der Waals surface area contributed by atoms with Gasteiger partial charge in [0.1, 0.15) is 11.6 Å². The van der Waals surface area contributed by atoms with E-state index in [4.69, 9.17) is 10.5 Å². The average molecular weight is 217 g/mol. The van der Waals surface area contributed by atoms with Crippen molar-refractivity contribution in [3.8, 4) is 5.75 Å². The lowest BCUT2D eigenvalue weighted by Crippen LogP contribution is -2.06. The summed E-state index contributed by atoms with van der Waals surface area (Å²) in [5, 5.41) is 4.04. The van der Waals surface area contributed by atoms with Crippen LogP contribution in [0.1, 0.15) is 12.5 Å². The number of nitrogen functional groups attached to an aromatic ring is 1. The summed E-state index contributed by atoms with van der Waals surface area (Å²) in [5.74, 6) is 1.36. The molecule has 4 heteroatoms. The first kappa shape index (κ1) is 10.5. The SMILES string of the molecule is CCc1cccc(OCn2ccc(N)n2)c1. The Kier molecular flexibility index (Phi) is 3.10. The third-order valence-corrected chi connectivity index (χ3v) is 2.33. The van der Waals surface area contributed by atoms with Gasteiger partial charge in [-0.3, -0.25) is 0 Å². The fourth-order valence-corrected chi connectivity index (χ4v) is 1.45. The maximum absolute atomic E-state index is 5.59. The van der Waals surface area contributed by atoms with Crippen LogP contribution in [0.25, 0.3) is 0 Å². The molecule has 0 saturated carbocycles. The van der Waals surface area contributed by atoms with Gasteiger partial charge in [0.2, 0.25) is 0 Å². The standard InChI is InChI=1S/C12H15N3O/c1-2-10-4-3-5-11(8-10)16-9-15-7-6-12(13)14-15/h3-8H,2,9H2,1H3,(H2,13,14). The lowest BCUT2D eigenvalue weighted by Gasteiger charge is -2.07. The second kappa shape index (κ2) is 4.70. The van der Waals surface area contributed by atoms with Crippen LogP contribution in [0.3, 0.4) is 0 Å². The maximum Gasteiger partial charge on any atom is 0.180 e. The number of anilines is 1. The molecule has 1 aromatic carbocycles. The summed E-state index contributed by atoms with van der Waals surface area (Å²) in [6.45, 7) is 2.50. The molecule has 4 nitrogen and oxygen atoms in total. The first-order valence-corrected chi connectivity index (χ1v) is 5.28. The van der Waals surface area contributed by atoms with E-state index in [-0.39, 0.29) is 0 Å². The first-order chi connectivity index (χ1) is 7.78. The molecule has 0 aliphatic heterocycles. The minimum Gasteiger partial charge on any atom is -0.471 e. The lowest BCUT2D eigenvalue weighted by molar-refractivity contribution is 0.221. The van der Waals surface area contributed by atoms with Gasteiger partial charge in [-0.15, -0.1) is 0 Å². The number of aromatic nitrogens is 2. The van der Waals surface area contributed by atoms with Crippen LogP contribution in [-0.2, 0) is 13.2 Å². The van der Waals surface area contributed by atoms with E-state index < -0.39 is 0 Å². The van der Waals surface area contributed by atoms with Gasteiger partial charge in [-0.2, -0.15) is 5.10 Å². The Hall–Kier alpha value is -1.97. The Balaban J connectivity index is 1.99. The molecular weight excluding hydrogens is 202 g/mol. The van der Waals surface area contributed by atoms with Crippen molar-refractivity contribution < 1.29 is 4.74 Å². The molecule has 0 amide bonds. The van der Waals surface area contributed by atoms with E-state index >= 15 is 0 Å². The predicted molar refractivity (Wildman–Crippen MR) is 63.1 cm³/mol. The van der Waals surface area contributed by atoms with Gasteiger partial charge in [-0.25, -0.2) is 4.68 Å². The van der Waals surface area contributed by atoms with Gasteiger partial charge in [-0.1, -0.05) is 19.1 Å². The molecule has 1 heterocycles. The molecule has 0 fully saturated rings. The van der Waals surface area contributed by atoms with E-state index in [2.05, 4.69) is 18.1 Å². The van der Waals surface area contributed by atoms with Crippen molar-refractivity contribution >= 4 is 5.82 Å². The second-order valence-corrected chi connectivity index (χ2v) is 3.55. The molecule has 1 aromatic heterocycles. The highest BCUT2D eigenvalue weighted by molar-refractivity contribution is 5.28. The van der Waals surface area contributed by atoms with Crippen LogP contribution in [-0.4, -0.2) is 9.78 Å². The number of ether oxygens (including phenoxy) is 1. The molecule has 0 bridgehead atoms. The molecule has 0 aliphatic carbocycles. The smallest absolute Gasteiger partial charge is 0.180 e. The number of benzene rings is 1. The van der Waals surface area contributed by atoms with Gasteiger partial charge in [0.05, 0.1) is 0 Å². The third kappa shape index (κ3) is 2.53. The van der Waals surface area contributed by atoms with E-state index in [1.54, 1.807) is 16.9 Å². The van der Waals surface area contributed by atoms with Gasteiger partial charge < -0.3 is 10.5 Å². The van der Waals surface area contributed by atoms with Crippen LogP contribution in [0.4, 0.5) is 5.82 Å². The second-order valence-electron chi connectivity index (χ2n) is 3.55. The zero-order valence-electron chi connectivity index (χ0n) is 9.26. The van der Waals surface area contributed by atoms with Crippen molar-refractivity contribution in [2.75, 3.05) is 5.73 Å². The monoisotopic (exact) mass is 217 g/mol. The number of nitrogens with two attached hydrogens (primary N) is 1. The third-order valence-electron chi connectivity index (χ3n) is 2.33. The molecule has 0 spiro atoms. The Morgan fingerprint density at radius 2 is 2.25 bits per heavy atom. The summed E-state index contributed by atoms with van der Waals surface area (Å²) in [7, 11) is 0.